The molecule has 214 valence electrons. The van der Waals surface area contributed by atoms with Crippen LogP contribution in [0.25, 0.3) is 0 Å². The minimum absolute atomic E-state index is 0.677. The molecule has 0 amide bonds. The molecule has 0 bridgehead atoms. The van der Waals surface area contributed by atoms with Gasteiger partial charge < -0.3 is 0 Å². The van der Waals surface area contributed by atoms with Crippen LogP contribution in [0.2, 0.25) is 0 Å². The Labute approximate surface area is 260 Å². The summed E-state index contributed by atoms with van der Waals surface area (Å²) in [4.78, 5) is 0. The van der Waals surface area contributed by atoms with E-state index in [-0.39, 0.29) is 0 Å². The summed E-state index contributed by atoms with van der Waals surface area (Å²) in [6.45, 7) is 9.18. The molecule has 0 saturated heterocycles. The average Bonchev–Trinajstić information content (AvgIpc) is 3.06. The molecule has 6 aromatic rings. The van der Waals surface area contributed by atoms with Crippen molar-refractivity contribution in [3.8, 4) is 0 Å². The lowest BCUT2D eigenvalue weighted by molar-refractivity contribution is 1.10. The second kappa shape index (κ2) is 14.3. The fourth-order valence-corrected chi connectivity index (χ4v) is 9.74. The number of rotatable bonds is 7. The SMILES string of the molecule is Cc1ccccc1[PH+](c1ccccc1C)C(C)C.c1ccc([B-](c2ccccc2)(c2ccccc2)c2ccccc2)cc1. The maximum Gasteiger partial charge on any atom is 0.108 e. The first-order valence-electron chi connectivity index (χ1n) is 15.4. The first-order chi connectivity index (χ1) is 21.0. The molecule has 0 spiro atoms. The van der Waals surface area contributed by atoms with E-state index >= 15 is 0 Å². The van der Waals surface area contributed by atoms with Crippen molar-refractivity contribution < 1.29 is 0 Å². The zero-order chi connectivity index (χ0) is 30.1. The predicted molar refractivity (Wildman–Crippen MR) is 195 cm³/mol. The summed E-state index contributed by atoms with van der Waals surface area (Å²) >= 11 is 0. The van der Waals surface area contributed by atoms with Crippen LogP contribution in [0.5, 0.6) is 0 Å². The summed E-state index contributed by atoms with van der Waals surface area (Å²) in [5, 5.41) is 3.12. The number of aryl methyl sites for hydroxylation is 2. The summed E-state index contributed by atoms with van der Waals surface area (Å²) in [5.41, 5.74) is 8.93. The number of benzene rings is 6. The lowest BCUT2D eigenvalue weighted by Crippen LogP contribution is -2.74. The second-order valence-electron chi connectivity index (χ2n) is 11.7. The van der Waals surface area contributed by atoms with Crippen LogP contribution >= 0.6 is 7.92 Å². The molecule has 0 atom stereocenters. The maximum atomic E-state index is 2.35. The fraction of sp³-hybridized carbons (Fsp3) is 0.122. The van der Waals surface area contributed by atoms with Crippen LogP contribution in [0.1, 0.15) is 25.0 Å². The van der Waals surface area contributed by atoms with Crippen LogP contribution in [0.3, 0.4) is 0 Å². The monoisotopic (exact) mass is 576 g/mol. The Bertz CT molecular complexity index is 1490. The van der Waals surface area contributed by atoms with Crippen LogP contribution in [0.4, 0.5) is 0 Å². The molecule has 43 heavy (non-hydrogen) atoms. The largest absolute Gasteiger partial charge is 0.195 e. The molecule has 0 saturated carbocycles. The molecule has 0 radical (unpaired) electrons. The van der Waals surface area contributed by atoms with Gasteiger partial charge in [-0.1, -0.05) is 158 Å². The molecule has 0 heterocycles. The summed E-state index contributed by atoms with van der Waals surface area (Å²) in [5.74, 6) is 0. The van der Waals surface area contributed by atoms with Crippen LogP contribution in [0, 0.1) is 13.8 Å². The lowest BCUT2D eigenvalue weighted by atomic mass is 9.13. The topological polar surface area (TPSA) is 0 Å². The summed E-state index contributed by atoms with van der Waals surface area (Å²) in [6, 6.07) is 61.3. The highest BCUT2D eigenvalue weighted by molar-refractivity contribution is 7.73. The van der Waals surface area contributed by atoms with Crippen molar-refractivity contribution in [2.24, 2.45) is 0 Å². The van der Waals surface area contributed by atoms with E-state index < -0.39 is 14.1 Å². The Kier molecular flexibility index (Phi) is 10.1. The standard InChI is InChI=1S/C24H20B.C17H21P/c1-5-13-21(14-6-1)25(22-15-7-2-8-16-22,23-17-9-3-10-18-23)24-19-11-4-12-20-24;1-13(2)18(16-11-7-5-9-14(16)3)17-12-8-6-10-15(17)4/h1-20H;5-13H,1-4H3/q-1;/p+1. The highest BCUT2D eigenvalue weighted by Gasteiger charge is 2.31. The highest BCUT2D eigenvalue weighted by atomic mass is 31.1. The summed E-state index contributed by atoms with van der Waals surface area (Å²) in [7, 11) is -0.677. The van der Waals surface area contributed by atoms with Crippen molar-refractivity contribution >= 4 is 46.5 Å². The molecule has 0 N–H and O–H groups in total. The molecular formula is C41H42BP. The minimum atomic E-state index is -1.22. The van der Waals surface area contributed by atoms with E-state index in [2.05, 4.69) is 198 Å². The molecule has 6 rings (SSSR count). The number of hydrogen-bond acceptors (Lipinski definition) is 0. The number of hydrogen-bond donors (Lipinski definition) is 0. The van der Waals surface area contributed by atoms with E-state index in [9.17, 15) is 0 Å². The third kappa shape index (κ3) is 6.59. The Morgan fingerprint density at radius 2 is 0.628 bits per heavy atom. The first-order valence-corrected chi connectivity index (χ1v) is 17.0. The quantitative estimate of drug-likeness (QED) is 0.143. The zero-order valence-corrected chi connectivity index (χ0v) is 26.8. The van der Waals surface area contributed by atoms with Gasteiger partial charge in [0.05, 0.1) is 24.2 Å². The normalized spacial score (nSPS) is 11.2. The van der Waals surface area contributed by atoms with Gasteiger partial charge in [-0.3, -0.25) is 0 Å². The Morgan fingerprint density at radius 3 is 0.884 bits per heavy atom. The van der Waals surface area contributed by atoms with E-state index in [0.717, 1.165) is 0 Å². The molecule has 0 fully saturated rings. The van der Waals surface area contributed by atoms with E-state index in [1.54, 1.807) is 10.6 Å². The Balaban J connectivity index is 0.000000181. The van der Waals surface area contributed by atoms with Crippen molar-refractivity contribution in [2.45, 2.75) is 33.4 Å². The van der Waals surface area contributed by atoms with E-state index in [1.807, 2.05) is 0 Å². The molecule has 0 aliphatic rings. The van der Waals surface area contributed by atoms with Gasteiger partial charge in [-0.25, -0.2) is 0 Å². The van der Waals surface area contributed by atoms with Crippen molar-refractivity contribution in [3.05, 3.63) is 181 Å². The zero-order valence-electron chi connectivity index (χ0n) is 25.8. The van der Waals surface area contributed by atoms with Crippen LogP contribution in [-0.2, 0) is 0 Å². The van der Waals surface area contributed by atoms with Crippen molar-refractivity contribution in [1.29, 1.82) is 0 Å². The van der Waals surface area contributed by atoms with Gasteiger partial charge in [-0.2, -0.15) is 21.9 Å². The smallest absolute Gasteiger partial charge is 0.108 e. The highest BCUT2D eigenvalue weighted by Crippen LogP contribution is 2.40. The van der Waals surface area contributed by atoms with Crippen molar-refractivity contribution in [2.75, 3.05) is 0 Å². The van der Waals surface area contributed by atoms with Gasteiger partial charge in [-0.05, 0) is 51.0 Å². The second-order valence-corrected chi connectivity index (χ2v) is 14.8. The fourth-order valence-electron chi connectivity index (χ4n) is 6.64. The van der Waals surface area contributed by atoms with Crippen molar-refractivity contribution in [1.82, 2.24) is 0 Å². The van der Waals surface area contributed by atoms with Crippen LogP contribution < -0.4 is 32.5 Å². The van der Waals surface area contributed by atoms with Crippen molar-refractivity contribution in [3.63, 3.8) is 0 Å². The molecule has 2 heteroatoms. The van der Waals surface area contributed by atoms with E-state index in [4.69, 9.17) is 0 Å². The third-order valence-electron chi connectivity index (χ3n) is 8.65. The Hall–Kier alpha value is -4.19. The van der Waals surface area contributed by atoms with Gasteiger partial charge in [0.15, 0.2) is 0 Å². The minimum Gasteiger partial charge on any atom is -0.195 e. The summed E-state index contributed by atoms with van der Waals surface area (Å²) < 4.78 is 0. The molecule has 6 aromatic carbocycles. The molecule has 0 unspecified atom stereocenters. The van der Waals surface area contributed by atoms with Gasteiger partial charge in [0.2, 0.25) is 0 Å². The van der Waals surface area contributed by atoms with Gasteiger partial charge in [0, 0.05) is 0 Å². The molecule has 0 aliphatic carbocycles. The predicted octanol–water partition coefficient (Wildman–Crippen LogP) is 6.94. The average molecular weight is 577 g/mol. The summed E-state index contributed by atoms with van der Waals surface area (Å²) in [6.07, 6.45) is -1.22. The molecule has 0 nitrogen and oxygen atoms in total. The van der Waals surface area contributed by atoms with Gasteiger partial charge >= 0.3 is 0 Å². The van der Waals surface area contributed by atoms with Crippen LogP contribution in [-0.4, -0.2) is 11.8 Å². The first kappa shape index (κ1) is 30.3. The van der Waals surface area contributed by atoms with Gasteiger partial charge in [0.1, 0.15) is 6.15 Å². The molecule has 0 aliphatic heterocycles. The van der Waals surface area contributed by atoms with Gasteiger partial charge in [0.25, 0.3) is 0 Å². The Morgan fingerprint density at radius 1 is 0.372 bits per heavy atom. The maximum absolute atomic E-state index is 2.35. The van der Waals surface area contributed by atoms with Crippen LogP contribution in [0.15, 0.2) is 170 Å². The van der Waals surface area contributed by atoms with E-state index in [1.165, 1.54) is 33.0 Å². The molecule has 0 aromatic heterocycles. The van der Waals surface area contributed by atoms with E-state index in [0.29, 0.717) is 5.66 Å². The lowest BCUT2D eigenvalue weighted by Gasteiger charge is -2.44. The molecular weight excluding hydrogens is 534 g/mol. The van der Waals surface area contributed by atoms with Gasteiger partial charge in [-0.15, -0.1) is 0 Å². The third-order valence-corrected chi connectivity index (χ3v) is 12.1.